The van der Waals surface area contributed by atoms with E-state index in [9.17, 15) is 13.2 Å². The monoisotopic (exact) mass is 309 g/mol. The fraction of sp³-hybridized carbons (Fsp3) is 0.214. The van der Waals surface area contributed by atoms with Crippen LogP contribution in [0.3, 0.4) is 0 Å². The normalized spacial score (nSPS) is 11.4. The molecule has 112 valence electrons. The lowest BCUT2D eigenvalue weighted by molar-refractivity contribution is -0.120. The van der Waals surface area contributed by atoms with Gasteiger partial charge in [-0.2, -0.15) is 0 Å². The molecule has 0 saturated carbocycles. The highest BCUT2D eigenvalue weighted by Crippen LogP contribution is 2.37. The third-order valence-electron chi connectivity index (χ3n) is 3.10. The molecule has 0 amide bonds. The molecular formula is C14H15NO5S. The van der Waals surface area contributed by atoms with Crippen LogP contribution >= 0.6 is 0 Å². The van der Waals surface area contributed by atoms with Gasteiger partial charge in [-0.25, -0.2) is 8.42 Å². The smallest absolute Gasteiger partial charge is 0.298 e. The van der Waals surface area contributed by atoms with Gasteiger partial charge in [-0.15, -0.1) is 0 Å². The van der Waals surface area contributed by atoms with E-state index < -0.39 is 9.84 Å². The summed E-state index contributed by atoms with van der Waals surface area (Å²) in [6, 6.07) is 4.60. The summed E-state index contributed by atoms with van der Waals surface area (Å²) in [5.74, 6) is 1.21. The average molecular weight is 309 g/mol. The first kappa shape index (κ1) is 15.1. The average Bonchev–Trinajstić information content (AvgIpc) is 2.66. The molecule has 0 unspecified atom stereocenters. The minimum absolute atomic E-state index is 0.0336. The molecule has 0 radical (unpaired) electrons. The number of sulfone groups is 1. The van der Waals surface area contributed by atoms with Crippen LogP contribution in [0.5, 0.6) is 5.75 Å². The lowest BCUT2D eigenvalue weighted by Gasteiger charge is -2.06. The van der Waals surface area contributed by atoms with Crippen molar-refractivity contribution in [1.82, 2.24) is 0 Å². The molecule has 0 aliphatic heterocycles. The van der Waals surface area contributed by atoms with Crippen molar-refractivity contribution in [1.29, 1.82) is 0 Å². The molecule has 0 aliphatic rings. The fourth-order valence-corrected chi connectivity index (χ4v) is 2.97. The van der Waals surface area contributed by atoms with Crippen molar-refractivity contribution in [2.75, 3.05) is 12.0 Å². The lowest BCUT2D eigenvalue weighted by atomic mass is 10.1. The van der Waals surface area contributed by atoms with Crippen LogP contribution in [0, 0.1) is 13.8 Å². The van der Waals surface area contributed by atoms with Gasteiger partial charge in [0.15, 0.2) is 15.6 Å². The van der Waals surface area contributed by atoms with Crippen LogP contribution in [-0.2, 0) is 14.6 Å². The molecule has 6 nitrogen and oxygen atoms in total. The van der Waals surface area contributed by atoms with Crippen molar-refractivity contribution in [3.05, 3.63) is 29.5 Å². The molecule has 1 heterocycles. The highest BCUT2D eigenvalue weighted by Gasteiger charge is 2.20. The molecule has 7 heteroatoms. The van der Waals surface area contributed by atoms with Crippen molar-refractivity contribution in [3.63, 3.8) is 0 Å². The molecule has 0 spiro atoms. The number of benzene rings is 1. The summed E-state index contributed by atoms with van der Waals surface area (Å²) in [6.07, 6.45) is 1.09. The number of carbonyl (C=O) groups excluding carboxylic acids is 1. The predicted molar refractivity (Wildman–Crippen MR) is 77.8 cm³/mol. The Kier molecular flexibility index (Phi) is 3.78. The third-order valence-corrected chi connectivity index (χ3v) is 4.25. The van der Waals surface area contributed by atoms with Gasteiger partial charge in [0.05, 0.1) is 10.6 Å². The molecule has 0 fully saturated rings. The molecule has 0 atom stereocenters. The van der Waals surface area contributed by atoms with E-state index >= 15 is 0 Å². The highest BCUT2D eigenvalue weighted by molar-refractivity contribution is 7.90. The van der Waals surface area contributed by atoms with Gasteiger partial charge < -0.3 is 14.9 Å². The number of anilines is 1. The van der Waals surface area contributed by atoms with Crippen molar-refractivity contribution >= 4 is 22.0 Å². The molecular weight excluding hydrogens is 294 g/mol. The number of ether oxygens (including phenoxy) is 1. The van der Waals surface area contributed by atoms with Gasteiger partial charge in [-0.1, -0.05) is 0 Å². The fourth-order valence-electron chi connectivity index (χ4n) is 2.13. The first-order valence-electron chi connectivity index (χ1n) is 6.06. The molecule has 2 N–H and O–H groups in total. The summed E-state index contributed by atoms with van der Waals surface area (Å²) in [7, 11) is -3.44. The molecule has 0 bridgehead atoms. The number of nitrogen functional groups attached to an aromatic ring is 1. The summed E-state index contributed by atoms with van der Waals surface area (Å²) < 4.78 is 33.9. The van der Waals surface area contributed by atoms with Gasteiger partial charge in [-0.3, -0.25) is 4.79 Å². The molecule has 21 heavy (non-hydrogen) atoms. The molecule has 2 aromatic rings. The Morgan fingerprint density at radius 1 is 1.29 bits per heavy atom. The Hall–Kier alpha value is -2.28. The Balaban J connectivity index is 2.64. The number of nitrogens with two attached hydrogens (primary N) is 1. The second-order valence-electron chi connectivity index (χ2n) is 4.68. The zero-order valence-electron chi connectivity index (χ0n) is 11.8. The quantitative estimate of drug-likeness (QED) is 0.685. The number of furan rings is 1. The lowest BCUT2D eigenvalue weighted by Crippen LogP contribution is -2.02. The molecule has 1 aromatic heterocycles. The second kappa shape index (κ2) is 5.25. The molecule has 1 aromatic carbocycles. The summed E-state index contributed by atoms with van der Waals surface area (Å²) in [5.41, 5.74) is 7.03. The SMILES string of the molecule is Cc1oc(-c2ccc(N)c(S(C)(=O)=O)c2)c(C)c1OC=O. The predicted octanol–water partition coefficient (Wildman–Crippen LogP) is 2.08. The first-order chi connectivity index (χ1) is 9.75. The third kappa shape index (κ3) is 2.78. The van der Waals surface area contributed by atoms with E-state index in [2.05, 4.69) is 0 Å². The molecule has 2 rings (SSSR count). The number of hydrogen-bond acceptors (Lipinski definition) is 6. The van der Waals surface area contributed by atoms with E-state index in [1.807, 2.05) is 0 Å². The van der Waals surface area contributed by atoms with Crippen LogP contribution in [0.1, 0.15) is 11.3 Å². The highest BCUT2D eigenvalue weighted by atomic mass is 32.2. The Morgan fingerprint density at radius 2 is 1.95 bits per heavy atom. The van der Waals surface area contributed by atoms with Gasteiger partial charge in [0.1, 0.15) is 11.5 Å². The van der Waals surface area contributed by atoms with Crippen molar-refractivity contribution in [2.45, 2.75) is 18.7 Å². The standard InChI is InChI=1S/C14H15NO5S/c1-8-13(19-7-16)9(2)20-14(8)10-4-5-11(15)12(6-10)21(3,17)18/h4-7H,15H2,1-3H3. The molecule has 0 aliphatic carbocycles. The zero-order valence-corrected chi connectivity index (χ0v) is 12.7. The topological polar surface area (TPSA) is 99.6 Å². The Labute approximate surface area is 122 Å². The minimum atomic E-state index is -3.44. The van der Waals surface area contributed by atoms with Crippen LogP contribution in [0.2, 0.25) is 0 Å². The first-order valence-corrected chi connectivity index (χ1v) is 7.95. The Bertz CT molecular complexity index is 805. The molecule has 0 saturated heterocycles. The van der Waals surface area contributed by atoms with Crippen molar-refractivity contribution < 1.29 is 22.4 Å². The maximum Gasteiger partial charge on any atom is 0.298 e. The van der Waals surface area contributed by atoms with Gasteiger partial charge in [0, 0.05) is 17.4 Å². The van der Waals surface area contributed by atoms with E-state index in [4.69, 9.17) is 14.9 Å². The zero-order chi connectivity index (χ0) is 15.8. The number of carbonyl (C=O) groups is 1. The Morgan fingerprint density at radius 3 is 2.52 bits per heavy atom. The largest absolute Gasteiger partial charge is 0.457 e. The van der Waals surface area contributed by atoms with Crippen LogP contribution in [0.15, 0.2) is 27.5 Å². The minimum Gasteiger partial charge on any atom is -0.457 e. The van der Waals surface area contributed by atoms with Crippen molar-refractivity contribution in [3.8, 4) is 17.1 Å². The number of aryl methyl sites for hydroxylation is 1. The van der Waals surface area contributed by atoms with E-state index in [0.29, 0.717) is 34.9 Å². The second-order valence-corrected chi connectivity index (χ2v) is 6.66. The van der Waals surface area contributed by atoms with E-state index in [1.54, 1.807) is 19.9 Å². The van der Waals surface area contributed by atoms with Crippen molar-refractivity contribution in [2.24, 2.45) is 0 Å². The van der Waals surface area contributed by atoms with Gasteiger partial charge >= 0.3 is 0 Å². The summed E-state index contributed by atoms with van der Waals surface area (Å²) in [6.45, 7) is 3.70. The van der Waals surface area contributed by atoms with Crippen LogP contribution in [-0.4, -0.2) is 21.1 Å². The number of rotatable bonds is 4. The van der Waals surface area contributed by atoms with Gasteiger partial charge in [0.25, 0.3) is 6.47 Å². The summed E-state index contributed by atoms with van der Waals surface area (Å²) in [5, 5.41) is 0. The van der Waals surface area contributed by atoms with Gasteiger partial charge in [-0.05, 0) is 32.0 Å². The summed E-state index contributed by atoms with van der Waals surface area (Å²) >= 11 is 0. The van der Waals surface area contributed by atoms with E-state index in [0.717, 1.165) is 6.26 Å². The maximum atomic E-state index is 11.7. The van der Waals surface area contributed by atoms with Crippen LogP contribution in [0.4, 0.5) is 5.69 Å². The van der Waals surface area contributed by atoms with Gasteiger partial charge in [0.2, 0.25) is 0 Å². The summed E-state index contributed by atoms with van der Waals surface area (Å²) in [4.78, 5) is 10.5. The van der Waals surface area contributed by atoms with E-state index in [-0.39, 0.29) is 10.6 Å². The maximum absolute atomic E-state index is 11.7. The van der Waals surface area contributed by atoms with Crippen LogP contribution in [0.25, 0.3) is 11.3 Å². The number of hydrogen-bond donors (Lipinski definition) is 1. The van der Waals surface area contributed by atoms with Crippen LogP contribution < -0.4 is 10.5 Å². The van der Waals surface area contributed by atoms with E-state index in [1.165, 1.54) is 12.1 Å².